The maximum Gasteiger partial charge on any atom is 0.123 e. The second-order valence-corrected chi connectivity index (χ2v) is 7.11. The van der Waals surface area contributed by atoms with Gasteiger partial charge in [-0.3, -0.25) is 0 Å². The molecule has 0 heterocycles. The highest BCUT2D eigenvalue weighted by Crippen LogP contribution is 2.39. The van der Waals surface area contributed by atoms with Gasteiger partial charge in [-0.1, -0.05) is 58.7 Å². The van der Waals surface area contributed by atoms with Crippen LogP contribution in [-0.2, 0) is 6.42 Å². The molecule has 0 unspecified atom stereocenters. The fourth-order valence-corrected chi connectivity index (χ4v) is 3.91. The first-order chi connectivity index (χ1) is 14.7. The Kier molecular flexibility index (Phi) is 12.8. The van der Waals surface area contributed by atoms with Crippen LogP contribution in [0.25, 0.3) is 11.1 Å². The summed E-state index contributed by atoms with van der Waals surface area (Å²) in [6.07, 6.45) is 8.54. The number of aryl methyl sites for hydroxylation is 1. The first kappa shape index (κ1) is 25.9. The van der Waals surface area contributed by atoms with Gasteiger partial charge in [-0.05, 0) is 97.2 Å². The molecule has 30 heavy (non-hydrogen) atoms. The summed E-state index contributed by atoms with van der Waals surface area (Å²) in [4.78, 5) is 0. The molecule has 3 N–H and O–H groups in total. The molecule has 0 spiro atoms. The van der Waals surface area contributed by atoms with Gasteiger partial charge in [0.1, 0.15) is 11.6 Å². The van der Waals surface area contributed by atoms with Gasteiger partial charge >= 0.3 is 0 Å². The van der Waals surface area contributed by atoms with Crippen molar-refractivity contribution in [3.8, 4) is 5.75 Å². The zero-order chi connectivity index (χ0) is 22.4. The first-order valence-corrected chi connectivity index (χ1v) is 11.7. The topological polar surface area (TPSA) is 46.2 Å². The Morgan fingerprint density at radius 1 is 0.867 bits per heavy atom. The predicted molar refractivity (Wildman–Crippen MR) is 129 cm³/mol. The number of phenolic OH excluding ortho intramolecular Hbond substituents is 1. The molecule has 0 radical (unpaired) electrons. The zero-order valence-electron chi connectivity index (χ0n) is 19.3. The van der Waals surface area contributed by atoms with Crippen molar-refractivity contribution >= 4 is 11.1 Å². The average molecular weight is 414 g/mol. The van der Waals surface area contributed by atoms with Gasteiger partial charge in [0.25, 0.3) is 0 Å². The Morgan fingerprint density at radius 2 is 1.53 bits per heavy atom. The third kappa shape index (κ3) is 7.60. The van der Waals surface area contributed by atoms with E-state index in [9.17, 15) is 9.50 Å². The number of allylic oxidation sites excluding steroid dienone is 2. The number of fused-ring (bicyclic) bond motifs is 1. The highest BCUT2D eigenvalue weighted by molar-refractivity contribution is 5.92. The van der Waals surface area contributed by atoms with Crippen LogP contribution in [0, 0.1) is 5.82 Å². The number of aromatic hydroxyl groups is 1. The van der Waals surface area contributed by atoms with E-state index in [2.05, 4.69) is 6.07 Å². The number of phenols is 1. The third-order valence-electron chi connectivity index (χ3n) is 5.22. The van der Waals surface area contributed by atoms with Crippen molar-refractivity contribution in [3.63, 3.8) is 0 Å². The molecule has 2 aromatic carbocycles. The van der Waals surface area contributed by atoms with E-state index in [-0.39, 0.29) is 5.82 Å². The number of hydrogen-bond donors (Lipinski definition) is 2. The highest BCUT2D eigenvalue weighted by atomic mass is 19.1. The normalized spacial score (nSPS) is 12.7. The SMILES string of the molecule is CC.CC.NCCCCCCC1=C(c2ccc(F)cc2)CCCc2cc(O)ccc21. The minimum atomic E-state index is -0.198. The molecule has 1 aliphatic carbocycles. The van der Waals surface area contributed by atoms with E-state index in [0.29, 0.717) is 5.75 Å². The van der Waals surface area contributed by atoms with Crippen LogP contribution in [0.5, 0.6) is 5.75 Å². The second kappa shape index (κ2) is 14.8. The second-order valence-electron chi connectivity index (χ2n) is 7.11. The summed E-state index contributed by atoms with van der Waals surface area (Å²) < 4.78 is 13.4. The van der Waals surface area contributed by atoms with Crippen LogP contribution >= 0.6 is 0 Å². The van der Waals surface area contributed by atoms with Gasteiger partial charge in [0, 0.05) is 0 Å². The van der Waals surface area contributed by atoms with Gasteiger partial charge in [-0.15, -0.1) is 0 Å². The molecule has 0 saturated carbocycles. The largest absolute Gasteiger partial charge is 0.508 e. The Balaban J connectivity index is 0.00000106. The zero-order valence-corrected chi connectivity index (χ0v) is 19.3. The molecule has 166 valence electrons. The molecular weight excluding hydrogens is 373 g/mol. The Morgan fingerprint density at radius 3 is 2.20 bits per heavy atom. The lowest BCUT2D eigenvalue weighted by molar-refractivity contribution is 0.474. The minimum absolute atomic E-state index is 0.198. The molecule has 0 saturated heterocycles. The van der Waals surface area contributed by atoms with E-state index in [1.807, 2.05) is 45.9 Å². The van der Waals surface area contributed by atoms with Crippen molar-refractivity contribution in [2.24, 2.45) is 5.73 Å². The fraction of sp³-hybridized carbons (Fsp3) is 0.481. The van der Waals surface area contributed by atoms with Gasteiger partial charge in [0.05, 0.1) is 0 Å². The van der Waals surface area contributed by atoms with E-state index >= 15 is 0 Å². The molecule has 2 nitrogen and oxygen atoms in total. The molecule has 0 bridgehead atoms. The van der Waals surface area contributed by atoms with Crippen LogP contribution in [0.15, 0.2) is 42.5 Å². The number of rotatable bonds is 7. The molecular formula is C27H40FNO. The lowest BCUT2D eigenvalue weighted by Gasteiger charge is -2.16. The molecule has 1 aliphatic rings. The minimum Gasteiger partial charge on any atom is -0.508 e. The lowest BCUT2D eigenvalue weighted by Crippen LogP contribution is -1.98. The number of benzene rings is 2. The molecule has 3 rings (SSSR count). The molecule has 0 aromatic heterocycles. The first-order valence-electron chi connectivity index (χ1n) is 11.7. The Hall–Kier alpha value is -2.13. The molecule has 0 fully saturated rings. The van der Waals surface area contributed by atoms with E-state index in [0.717, 1.165) is 57.1 Å². The number of nitrogens with two attached hydrogens (primary N) is 1. The van der Waals surface area contributed by atoms with Crippen molar-refractivity contribution in [2.75, 3.05) is 6.54 Å². The smallest absolute Gasteiger partial charge is 0.123 e. The van der Waals surface area contributed by atoms with Crippen LogP contribution in [0.1, 0.15) is 89.3 Å². The summed E-state index contributed by atoms with van der Waals surface area (Å²) in [5, 5.41) is 9.88. The lowest BCUT2D eigenvalue weighted by atomic mass is 9.89. The van der Waals surface area contributed by atoms with Crippen molar-refractivity contribution in [2.45, 2.75) is 79.1 Å². The van der Waals surface area contributed by atoms with Crippen LogP contribution in [-0.4, -0.2) is 11.7 Å². The van der Waals surface area contributed by atoms with Crippen molar-refractivity contribution in [1.82, 2.24) is 0 Å². The van der Waals surface area contributed by atoms with E-state index in [4.69, 9.17) is 5.73 Å². The van der Waals surface area contributed by atoms with Crippen molar-refractivity contribution < 1.29 is 9.50 Å². The van der Waals surface area contributed by atoms with E-state index in [1.54, 1.807) is 18.2 Å². The maximum absolute atomic E-state index is 13.4. The summed E-state index contributed by atoms with van der Waals surface area (Å²) >= 11 is 0. The van der Waals surface area contributed by atoms with Crippen LogP contribution in [0.4, 0.5) is 4.39 Å². The highest BCUT2D eigenvalue weighted by Gasteiger charge is 2.18. The van der Waals surface area contributed by atoms with Gasteiger partial charge in [0.15, 0.2) is 0 Å². The van der Waals surface area contributed by atoms with E-state index < -0.39 is 0 Å². The standard InChI is InChI=1S/C23H28FNO.2C2H6/c24-19-11-9-17(10-12-19)21-8-5-6-18-16-20(26)13-14-22(18)23(21)7-3-1-2-4-15-25;2*1-2/h9-14,16,26H,1-8,15,25H2;2*1-2H3. The monoisotopic (exact) mass is 413 g/mol. The van der Waals surface area contributed by atoms with Gasteiger partial charge in [-0.2, -0.15) is 0 Å². The summed E-state index contributed by atoms with van der Waals surface area (Å²) in [5.74, 6) is 0.132. The summed E-state index contributed by atoms with van der Waals surface area (Å²) in [7, 11) is 0. The van der Waals surface area contributed by atoms with E-state index in [1.165, 1.54) is 28.7 Å². The van der Waals surface area contributed by atoms with Gasteiger partial charge < -0.3 is 10.8 Å². The van der Waals surface area contributed by atoms with Crippen LogP contribution in [0.3, 0.4) is 0 Å². The Labute approximate surface area is 183 Å². The van der Waals surface area contributed by atoms with Crippen LogP contribution in [0.2, 0.25) is 0 Å². The Bertz CT molecular complexity index is 765. The number of hydrogen-bond acceptors (Lipinski definition) is 2. The maximum atomic E-state index is 13.4. The quantitative estimate of drug-likeness (QED) is 0.456. The van der Waals surface area contributed by atoms with Gasteiger partial charge in [0.2, 0.25) is 0 Å². The fourth-order valence-electron chi connectivity index (χ4n) is 3.91. The summed E-state index contributed by atoms with van der Waals surface area (Å²) in [6, 6.07) is 12.6. The van der Waals surface area contributed by atoms with Crippen LogP contribution < -0.4 is 5.73 Å². The predicted octanol–water partition coefficient (Wildman–Crippen LogP) is 7.74. The molecule has 3 heteroatoms. The third-order valence-corrected chi connectivity index (χ3v) is 5.22. The van der Waals surface area contributed by atoms with Gasteiger partial charge in [-0.25, -0.2) is 4.39 Å². The molecule has 0 atom stereocenters. The van der Waals surface area contributed by atoms with Crippen molar-refractivity contribution in [3.05, 3.63) is 65.0 Å². The number of unbranched alkanes of at least 4 members (excludes halogenated alkanes) is 3. The average Bonchev–Trinajstić information content (AvgIpc) is 2.96. The number of halogens is 1. The summed E-state index contributed by atoms with van der Waals surface area (Å²) in [5.41, 5.74) is 11.9. The molecule has 2 aromatic rings. The van der Waals surface area contributed by atoms with Crippen molar-refractivity contribution in [1.29, 1.82) is 0 Å². The molecule has 0 aliphatic heterocycles. The molecule has 0 amide bonds. The summed E-state index contributed by atoms with van der Waals surface area (Å²) in [6.45, 7) is 8.76.